The van der Waals surface area contributed by atoms with Gasteiger partial charge >= 0.3 is 0 Å². The van der Waals surface area contributed by atoms with Crippen LogP contribution in [-0.2, 0) is 4.79 Å². The van der Waals surface area contributed by atoms with E-state index in [2.05, 4.69) is 4.98 Å². The molecule has 1 atom stereocenters. The molecule has 8 nitrogen and oxygen atoms in total. The van der Waals surface area contributed by atoms with Crippen LogP contribution in [0.15, 0.2) is 81.5 Å². The van der Waals surface area contributed by atoms with Gasteiger partial charge in [0.2, 0.25) is 0 Å². The number of benzene rings is 3. The van der Waals surface area contributed by atoms with Crippen LogP contribution in [0.25, 0.3) is 11.1 Å². The molecular weight excluding hydrogens is 478 g/mol. The molecule has 0 saturated heterocycles. The third-order valence-corrected chi connectivity index (χ3v) is 6.79. The Kier molecular flexibility index (Phi) is 6.81. The lowest BCUT2D eigenvalue weighted by Crippen LogP contribution is -2.29. The number of ether oxygens (including phenoxy) is 3. The van der Waals surface area contributed by atoms with Crippen molar-refractivity contribution >= 4 is 34.5 Å². The minimum Gasteiger partial charge on any atom is -0.497 e. The summed E-state index contributed by atoms with van der Waals surface area (Å²) in [5.74, 6) is 1.89. The molecule has 36 heavy (non-hydrogen) atoms. The molecule has 0 bridgehead atoms. The van der Waals surface area contributed by atoms with Crippen LogP contribution in [0, 0.1) is 0 Å². The number of oxazole rings is 1. The zero-order chi connectivity index (χ0) is 25.1. The van der Waals surface area contributed by atoms with Gasteiger partial charge in [-0.05, 0) is 48.0 Å². The van der Waals surface area contributed by atoms with E-state index >= 15 is 0 Å². The van der Waals surface area contributed by atoms with E-state index in [0.717, 1.165) is 28.1 Å². The van der Waals surface area contributed by atoms with E-state index in [1.807, 2.05) is 66.7 Å². The summed E-state index contributed by atoms with van der Waals surface area (Å²) in [6.45, 7) is 0. The van der Waals surface area contributed by atoms with Crippen molar-refractivity contribution in [3.05, 3.63) is 77.9 Å². The number of rotatable bonds is 8. The highest BCUT2D eigenvalue weighted by atomic mass is 32.2. The van der Waals surface area contributed by atoms with Gasteiger partial charge in [0.15, 0.2) is 17.1 Å². The number of nitrogens with zero attached hydrogens (tertiary/aromatic N) is 3. The topological polar surface area (TPSA) is 86.4 Å². The number of aromatic nitrogens is 1. The summed E-state index contributed by atoms with van der Waals surface area (Å²) in [6.07, 6.45) is 0.523. The summed E-state index contributed by atoms with van der Waals surface area (Å²) in [6, 6.07) is 20.5. The molecule has 0 fully saturated rings. The summed E-state index contributed by atoms with van der Waals surface area (Å²) in [7, 11) is 4.81. The van der Waals surface area contributed by atoms with E-state index in [-0.39, 0.29) is 17.7 Å². The quantitative estimate of drug-likeness (QED) is 0.301. The van der Waals surface area contributed by atoms with Gasteiger partial charge in [0, 0.05) is 12.0 Å². The predicted molar refractivity (Wildman–Crippen MR) is 138 cm³/mol. The fourth-order valence-electron chi connectivity index (χ4n) is 4.22. The Labute approximate surface area is 212 Å². The van der Waals surface area contributed by atoms with Crippen LogP contribution in [0.4, 0.5) is 0 Å². The second kappa shape index (κ2) is 10.3. The Morgan fingerprint density at radius 1 is 1.00 bits per heavy atom. The third-order valence-electron chi connectivity index (χ3n) is 5.97. The van der Waals surface area contributed by atoms with E-state index in [1.165, 1.54) is 16.8 Å². The molecule has 1 aliphatic heterocycles. The predicted octanol–water partition coefficient (Wildman–Crippen LogP) is 5.32. The summed E-state index contributed by atoms with van der Waals surface area (Å²) in [5.41, 5.74) is 3.99. The first-order valence-corrected chi connectivity index (χ1v) is 12.3. The SMILES string of the molecule is COc1ccc(C2=NN(C(=O)CSc3nc4ccccc4o3)C(c3cccc(OC)c3OC)C2)cc1. The largest absolute Gasteiger partial charge is 0.497 e. The molecule has 1 unspecified atom stereocenters. The highest BCUT2D eigenvalue weighted by Gasteiger charge is 2.35. The second-order valence-electron chi connectivity index (χ2n) is 8.05. The molecule has 9 heteroatoms. The average molecular weight is 504 g/mol. The lowest BCUT2D eigenvalue weighted by atomic mass is 9.97. The maximum absolute atomic E-state index is 13.5. The van der Waals surface area contributed by atoms with Crippen LogP contribution in [0.3, 0.4) is 0 Å². The van der Waals surface area contributed by atoms with Gasteiger partial charge in [-0.15, -0.1) is 0 Å². The average Bonchev–Trinajstić information content (AvgIpc) is 3.56. The molecule has 184 valence electrons. The number of hydrazone groups is 1. The van der Waals surface area contributed by atoms with Crippen molar-refractivity contribution in [1.29, 1.82) is 0 Å². The van der Waals surface area contributed by atoms with Gasteiger partial charge in [-0.25, -0.2) is 9.99 Å². The van der Waals surface area contributed by atoms with Gasteiger partial charge < -0.3 is 18.6 Å². The fraction of sp³-hybridized carbons (Fsp3) is 0.222. The summed E-state index contributed by atoms with van der Waals surface area (Å²) in [5, 5.41) is 6.73. The highest BCUT2D eigenvalue weighted by molar-refractivity contribution is 7.99. The number of carbonyl (C=O) groups excluding carboxylic acids is 1. The van der Waals surface area contributed by atoms with E-state index in [9.17, 15) is 4.79 Å². The first-order chi connectivity index (χ1) is 17.6. The van der Waals surface area contributed by atoms with Crippen LogP contribution in [0.1, 0.15) is 23.6 Å². The number of amides is 1. The van der Waals surface area contributed by atoms with Crippen molar-refractivity contribution in [2.75, 3.05) is 27.1 Å². The Hall–Kier alpha value is -3.98. The minimum atomic E-state index is -0.358. The van der Waals surface area contributed by atoms with Crippen LogP contribution in [0.2, 0.25) is 0 Å². The number of hydrogen-bond acceptors (Lipinski definition) is 8. The Balaban J connectivity index is 1.44. The summed E-state index contributed by atoms with van der Waals surface area (Å²) < 4.78 is 22.2. The van der Waals surface area contributed by atoms with Crippen LogP contribution in [-0.4, -0.2) is 48.7 Å². The number of carbonyl (C=O) groups is 1. The number of para-hydroxylation sites is 3. The molecule has 0 aliphatic carbocycles. The van der Waals surface area contributed by atoms with Crippen molar-refractivity contribution in [2.24, 2.45) is 5.10 Å². The molecule has 4 aromatic rings. The van der Waals surface area contributed by atoms with Crippen molar-refractivity contribution < 1.29 is 23.4 Å². The standard InChI is InChI=1S/C27H25N3O5S/c1-32-18-13-11-17(12-14-18)21-15-22(19-7-6-10-24(33-2)26(19)34-3)30(29-21)25(31)16-36-27-28-20-8-4-5-9-23(20)35-27/h4-14,22H,15-16H2,1-3H3. The summed E-state index contributed by atoms with van der Waals surface area (Å²) in [4.78, 5) is 17.9. The Bertz CT molecular complexity index is 1380. The van der Waals surface area contributed by atoms with Crippen molar-refractivity contribution in [1.82, 2.24) is 9.99 Å². The van der Waals surface area contributed by atoms with E-state index in [4.69, 9.17) is 23.7 Å². The number of fused-ring (bicyclic) bond motifs is 1. The monoisotopic (exact) mass is 503 g/mol. The van der Waals surface area contributed by atoms with Crippen LogP contribution in [0.5, 0.6) is 17.2 Å². The van der Waals surface area contributed by atoms with Gasteiger partial charge in [0.1, 0.15) is 11.3 Å². The fourth-order valence-corrected chi connectivity index (χ4v) is 4.91. The molecule has 0 spiro atoms. The Morgan fingerprint density at radius 3 is 2.53 bits per heavy atom. The highest BCUT2D eigenvalue weighted by Crippen LogP contribution is 2.42. The molecule has 0 N–H and O–H groups in total. The van der Waals surface area contributed by atoms with Gasteiger partial charge in [0.25, 0.3) is 11.1 Å². The van der Waals surface area contributed by atoms with Crippen molar-refractivity contribution in [2.45, 2.75) is 17.7 Å². The maximum atomic E-state index is 13.5. The van der Waals surface area contributed by atoms with Gasteiger partial charge in [-0.2, -0.15) is 5.10 Å². The summed E-state index contributed by atoms with van der Waals surface area (Å²) >= 11 is 1.25. The zero-order valence-electron chi connectivity index (χ0n) is 20.1. The molecule has 3 aromatic carbocycles. The van der Waals surface area contributed by atoms with Crippen molar-refractivity contribution in [3.8, 4) is 17.2 Å². The number of methoxy groups -OCH3 is 3. The van der Waals surface area contributed by atoms with Gasteiger partial charge in [-0.3, -0.25) is 4.79 Å². The second-order valence-corrected chi connectivity index (χ2v) is 8.98. The van der Waals surface area contributed by atoms with Crippen LogP contribution >= 0.6 is 11.8 Å². The number of hydrogen-bond donors (Lipinski definition) is 0. The normalized spacial score (nSPS) is 15.1. The lowest BCUT2D eigenvalue weighted by Gasteiger charge is -2.24. The zero-order valence-corrected chi connectivity index (χ0v) is 21.0. The molecule has 0 saturated carbocycles. The molecule has 1 amide bonds. The Morgan fingerprint density at radius 2 is 1.81 bits per heavy atom. The molecule has 5 rings (SSSR count). The van der Waals surface area contributed by atoms with E-state index < -0.39 is 0 Å². The number of thioether (sulfide) groups is 1. The minimum absolute atomic E-state index is 0.120. The van der Waals surface area contributed by atoms with Crippen LogP contribution < -0.4 is 14.2 Å². The van der Waals surface area contributed by atoms with E-state index in [1.54, 1.807) is 21.3 Å². The molecule has 1 aromatic heterocycles. The van der Waals surface area contributed by atoms with E-state index in [0.29, 0.717) is 28.7 Å². The third kappa shape index (κ3) is 4.61. The molecular formula is C27H25N3O5S. The molecule has 1 aliphatic rings. The molecule has 2 heterocycles. The first-order valence-electron chi connectivity index (χ1n) is 11.3. The van der Waals surface area contributed by atoms with Crippen molar-refractivity contribution in [3.63, 3.8) is 0 Å². The molecule has 0 radical (unpaired) electrons. The smallest absolute Gasteiger partial charge is 0.257 e. The lowest BCUT2D eigenvalue weighted by molar-refractivity contribution is -0.130. The first kappa shape index (κ1) is 23.7. The van der Waals surface area contributed by atoms with Gasteiger partial charge in [0.05, 0.1) is 38.8 Å². The van der Waals surface area contributed by atoms with Gasteiger partial charge in [-0.1, -0.05) is 36.0 Å². The maximum Gasteiger partial charge on any atom is 0.257 e.